The monoisotopic (exact) mass is 273 g/mol. The molecule has 0 aliphatic carbocycles. The number of amides is 2. The van der Waals surface area contributed by atoms with E-state index < -0.39 is 18.0 Å². The van der Waals surface area contributed by atoms with Crippen molar-refractivity contribution in [2.45, 2.75) is 6.04 Å². The Morgan fingerprint density at radius 1 is 1.15 bits per heavy atom. The topological polar surface area (TPSA) is 117 Å². The maximum absolute atomic E-state index is 11.7. The molecule has 1 heterocycles. The molecule has 0 saturated carbocycles. The van der Waals surface area contributed by atoms with Crippen LogP contribution in [0.25, 0.3) is 0 Å². The Labute approximate surface area is 113 Å². The number of carboxylic acid groups (broad SMARTS) is 1. The number of aliphatic carboxylic acids is 1. The first kappa shape index (κ1) is 13.4. The van der Waals surface area contributed by atoms with E-state index in [1.807, 2.05) is 0 Å². The van der Waals surface area contributed by atoms with Gasteiger partial charge in [-0.2, -0.15) is 5.10 Å². The van der Waals surface area contributed by atoms with Crippen molar-refractivity contribution in [2.75, 3.05) is 5.32 Å². The van der Waals surface area contributed by atoms with E-state index in [0.29, 0.717) is 5.56 Å². The highest BCUT2D eigenvalue weighted by molar-refractivity contribution is 5.91. The van der Waals surface area contributed by atoms with Crippen LogP contribution in [0.5, 0.6) is 0 Å². The number of rotatable bonds is 4. The smallest absolute Gasteiger partial charge is 0.330 e. The normalized spacial score (nSPS) is 11.4. The van der Waals surface area contributed by atoms with E-state index in [4.69, 9.17) is 5.11 Å². The van der Waals surface area contributed by atoms with Gasteiger partial charge < -0.3 is 10.4 Å². The molecule has 8 nitrogen and oxygen atoms in total. The molecule has 0 aliphatic heterocycles. The zero-order valence-corrected chi connectivity index (χ0v) is 10.2. The molecule has 102 valence electrons. The minimum atomic E-state index is -1.17. The van der Waals surface area contributed by atoms with E-state index in [2.05, 4.69) is 25.8 Å². The highest BCUT2D eigenvalue weighted by atomic mass is 16.4. The Kier molecular flexibility index (Phi) is 4.17. The molecule has 0 unspecified atom stereocenters. The standard InChI is InChI=1S/C12H11N5O3/c18-10(19)9(8-4-2-1-3-5-8)15-12(20)16-11-13-6-7-14-17-11/h1-7,9H,(H,18,19)(H2,13,15,16,17,20)/t9-/m0/s1. The van der Waals surface area contributed by atoms with Gasteiger partial charge in [0, 0.05) is 0 Å². The lowest BCUT2D eigenvalue weighted by Gasteiger charge is -2.14. The molecule has 20 heavy (non-hydrogen) atoms. The van der Waals surface area contributed by atoms with Gasteiger partial charge in [-0.05, 0) is 5.56 Å². The maximum Gasteiger partial charge on any atom is 0.330 e. The molecule has 0 fully saturated rings. The van der Waals surface area contributed by atoms with Gasteiger partial charge in [-0.1, -0.05) is 30.3 Å². The molecule has 0 spiro atoms. The molecule has 1 atom stereocenters. The summed E-state index contributed by atoms with van der Waals surface area (Å²) < 4.78 is 0. The van der Waals surface area contributed by atoms with Gasteiger partial charge in [0.1, 0.15) is 0 Å². The van der Waals surface area contributed by atoms with Crippen molar-refractivity contribution in [3.05, 3.63) is 48.3 Å². The summed E-state index contributed by atoms with van der Waals surface area (Å²) in [6.45, 7) is 0. The average Bonchev–Trinajstić information content (AvgIpc) is 2.46. The van der Waals surface area contributed by atoms with Crippen molar-refractivity contribution in [3.63, 3.8) is 0 Å². The highest BCUT2D eigenvalue weighted by Crippen LogP contribution is 2.12. The summed E-state index contributed by atoms with van der Waals surface area (Å²) in [4.78, 5) is 26.7. The van der Waals surface area contributed by atoms with E-state index >= 15 is 0 Å². The van der Waals surface area contributed by atoms with Crippen LogP contribution in [0.3, 0.4) is 0 Å². The number of nitrogens with zero attached hydrogens (tertiary/aromatic N) is 3. The fraction of sp³-hybridized carbons (Fsp3) is 0.0833. The molecule has 2 aromatic rings. The molecule has 1 aromatic carbocycles. The predicted octanol–water partition coefficient (Wildman–Crippen LogP) is 0.819. The second-order valence-corrected chi connectivity index (χ2v) is 3.75. The molecule has 2 amide bonds. The number of hydrogen-bond acceptors (Lipinski definition) is 5. The zero-order chi connectivity index (χ0) is 14.4. The third-order valence-corrected chi connectivity index (χ3v) is 2.36. The van der Waals surface area contributed by atoms with Crippen LogP contribution in [0.4, 0.5) is 10.7 Å². The van der Waals surface area contributed by atoms with Crippen molar-refractivity contribution >= 4 is 17.9 Å². The van der Waals surface area contributed by atoms with Crippen molar-refractivity contribution < 1.29 is 14.7 Å². The third kappa shape index (κ3) is 3.48. The van der Waals surface area contributed by atoms with Crippen LogP contribution >= 0.6 is 0 Å². The molecule has 8 heteroatoms. The fourth-order valence-corrected chi connectivity index (χ4v) is 1.51. The number of benzene rings is 1. The molecule has 1 aromatic heterocycles. The molecule has 0 aliphatic rings. The lowest BCUT2D eigenvalue weighted by Crippen LogP contribution is -2.37. The van der Waals surface area contributed by atoms with Crippen LogP contribution < -0.4 is 10.6 Å². The lowest BCUT2D eigenvalue weighted by molar-refractivity contribution is -0.139. The number of carbonyl (C=O) groups excluding carboxylic acids is 1. The molecule has 0 bridgehead atoms. The molecule has 0 saturated heterocycles. The number of anilines is 1. The van der Waals surface area contributed by atoms with Crippen LogP contribution in [0.15, 0.2) is 42.7 Å². The van der Waals surface area contributed by atoms with Gasteiger partial charge >= 0.3 is 12.0 Å². The van der Waals surface area contributed by atoms with Gasteiger partial charge in [0.2, 0.25) is 0 Å². The van der Waals surface area contributed by atoms with Crippen molar-refractivity contribution in [3.8, 4) is 0 Å². The minimum absolute atomic E-state index is 0.0119. The number of carbonyl (C=O) groups is 2. The summed E-state index contributed by atoms with van der Waals surface area (Å²) in [6.07, 6.45) is 2.71. The number of carboxylic acids is 1. The summed E-state index contributed by atoms with van der Waals surface area (Å²) in [5.74, 6) is -1.18. The van der Waals surface area contributed by atoms with Crippen molar-refractivity contribution in [2.24, 2.45) is 0 Å². The van der Waals surface area contributed by atoms with E-state index in [9.17, 15) is 9.59 Å². The summed E-state index contributed by atoms with van der Waals surface area (Å²) in [7, 11) is 0. The SMILES string of the molecule is O=C(Nc1nccnn1)N[C@H](C(=O)O)c1ccccc1. The average molecular weight is 273 g/mol. The first-order valence-electron chi connectivity index (χ1n) is 5.66. The Morgan fingerprint density at radius 3 is 2.50 bits per heavy atom. The Morgan fingerprint density at radius 2 is 1.90 bits per heavy atom. The first-order valence-corrected chi connectivity index (χ1v) is 5.66. The number of nitrogens with one attached hydrogen (secondary N) is 2. The number of urea groups is 1. The van der Waals surface area contributed by atoms with Crippen LogP contribution in [0, 0.1) is 0 Å². The van der Waals surface area contributed by atoms with Gasteiger partial charge in [-0.25, -0.2) is 14.6 Å². The lowest BCUT2D eigenvalue weighted by atomic mass is 10.1. The molecular formula is C12H11N5O3. The Bertz CT molecular complexity index is 591. The van der Waals surface area contributed by atoms with Crippen LogP contribution in [-0.2, 0) is 4.79 Å². The van der Waals surface area contributed by atoms with Gasteiger partial charge in [-0.3, -0.25) is 5.32 Å². The summed E-state index contributed by atoms with van der Waals surface area (Å²) in [6, 6.07) is 6.47. The fourth-order valence-electron chi connectivity index (χ4n) is 1.51. The number of aromatic nitrogens is 3. The van der Waals surface area contributed by atoms with Crippen LogP contribution in [-0.4, -0.2) is 32.3 Å². The van der Waals surface area contributed by atoms with Crippen molar-refractivity contribution in [1.29, 1.82) is 0 Å². The van der Waals surface area contributed by atoms with Crippen molar-refractivity contribution in [1.82, 2.24) is 20.5 Å². The second-order valence-electron chi connectivity index (χ2n) is 3.75. The van der Waals surface area contributed by atoms with Gasteiger partial charge in [0.25, 0.3) is 5.95 Å². The van der Waals surface area contributed by atoms with E-state index in [1.165, 1.54) is 12.4 Å². The van der Waals surface area contributed by atoms with Crippen LogP contribution in [0.2, 0.25) is 0 Å². The summed E-state index contributed by atoms with van der Waals surface area (Å²) >= 11 is 0. The third-order valence-electron chi connectivity index (χ3n) is 2.36. The minimum Gasteiger partial charge on any atom is -0.479 e. The van der Waals surface area contributed by atoms with E-state index in [1.54, 1.807) is 30.3 Å². The molecule has 0 radical (unpaired) electrons. The molecule has 2 rings (SSSR count). The van der Waals surface area contributed by atoms with Crippen LogP contribution in [0.1, 0.15) is 11.6 Å². The second kappa shape index (κ2) is 6.23. The van der Waals surface area contributed by atoms with Gasteiger partial charge in [-0.15, -0.1) is 5.10 Å². The molecule has 3 N–H and O–H groups in total. The zero-order valence-electron chi connectivity index (χ0n) is 10.2. The highest BCUT2D eigenvalue weighted by Gasteiger charge is 2.22. The van der Waals surface area contributed by atoms with Gasteiger partial charge in [0.15, 0.2) is 6.04 Å². The predicted molar refractivity (Wildman–Crippen MR) is 68.8 cm³/mol. The van der Waals surface area contributed by atoms with E-state index in [-0.39, 0.29) is 5.95 Å². The summed E-state index contributed by atoms with van der Waals surface area (Å²) in [5, 5.41) is 20.9. The summed E-state index contributed by atoms with van der Waals surface area (Å²) in [5.41, 5.74) is 0.460. The first-order chi connectivity index (χ1) is 9.66. The Balaban J connectivity index is 2.06. The molecular weight excluding hydrogens is 262 g/mol. The van der Waals surface area contributed by atoms with E-state index in [0.717, 1.165) is 0 Å². The number of hydrogen-bond donors (Lipinski definition) is 3. The Hall–Kier alpha value is -3.03. The largest absolute Gasteiger partial charge is 0.479 e. The maximum atomic E-state index is 11.7. The quantitative estimate of drug-likeness (QED) is 0.759. The van der Waals surface area contributed by atoms with Gasteiger partial charge in [0.05, 0.1) is 12.4 Å².